The highest BCUT2D eigenvalue weighted by Crippen LogP contribution is 2.27. The van der Waals surface area contributed by atoms with Crippen molar-refractivity contribution in [2.45, 2.75) is 38.6 Å². The van der Waals surface area contributed by atoms with E-state index >= 15 is 0 Å². The monoisotopic (exact) mass is 273 g/mol. The van der Waals surface area contributed by atoms with Gasteiger partial charge in [0.1, 0.15) is 0 Å². The van der Waals surface area contributed by atoms with Crippen molar-refractivity contribution in [3.8, 4) is 0 Å². The zero-order valence-electron chi connectivity index (χ0n) is 11.3. The van der Waals surface area contributed by atoms with Crippen molar-refractivity contribution < 1.29 is 0 Å². The Morgan fingerprint density at radius 1 is 1.32 bits per heavy atom. The van der Waals surface area contributed by atoms with Crippen LogP contribution in [0.1, 0.15) is 32.6 Å². The zero-order chi connectivity index (χ0) is 13.2. The van der Waals surface area contributed by atoms with Gasteiger partial charge in [-0.25, -0.2) is 0 Å². The molecule has 19 heavy (non-hydrogen) atoms. The molecule has 1 aliphatic rings. The topological polar surface area (TPSA) is 20.3 Å². The van der Waals surface area contributed by atoms with Crippen LogP contribution in [0.25, 0.3) is 10.1 Å². The van der Waals surface area contributed by atoms with Crippen LogP contribution in [0, 0.1) is 0 Å². The molecule has 1 saturated heterocycles. The minimum absolute atomic E-state index is 0.203. The lowest BCUT2D eigenvalue weighted by molar-refractivity contribution is 0.449. The molecule has 0 saturated carbocycles. The van der Waals surface area contributed by atoms with Crippen molar-refractivity contribution in [3.63, 3.8) is 0 Å². The van der Waals surface area contributed by atoms with Crippen LogP contribution in [0.5, 0.6) is 0 Å². The Kier molecular flexibility index (Phi) is 3.56. The second-order valence-electron chi connectivity index (χ2n) is 5.20. The van der Waals surface area contributed by atoms with Gasteiger partial charge in [0.15, 0.2) is 0 Å². The van der Waals surface area contributed by atoms with E-state index in [1.54, 1.807) is 11.3 Å². The molecule has 0 N–H and O–H groups in total. The Morgan fingerprint density at radius 2 is 2.16 bits per heavy atom. The van der Waals surface area contributed by atoms with Gasteiger partial charge in [-0.05, 0) is 37.8 Å². The highest BCUT2D eigenvalue weighted by atomic mass is 32.1. The molecule has 0 unspecified atom stereocenters. The van der Waals surface area contributed by atoms with Gasteiger partial charge < -0.3 is 4.90 Å². The Labute approximate surface area is 117 Å². The van der Waals surface area contributed by atoms with Crippen molar-refractivity contribution in [2.24, 2.45) is 0 Å². The van der Waals surface area contributed by atoms with E-state index in [9.17, 15) is 4.79 Å². The molecule has 1 fully saturated rings. The largest absolute Gasteiger partial charge is 0.365 e. The first-order valence-electron chi connectivity index (χ1n) is 7.08. The summed E-state index contributed by atoms with van der Waals surface area (Å²) in [6.07, 6.45) is 4.83. The average Bonchev–Trinajstić information content (AvgIpc) is 2.48. The maximum absolute atomic E-state index is 12.7. The van der Waals surface area contributed by atoms with Gasteiger partial charge >= 0.3 is 0 Å². The van der Waals surface area contributed by atoms with E-state index in [0.717, 1.165) is 28.7 Å². The fourth-order valence-electron chi connectivity index (χ4n) is 3.01. The predicted octanol–water partition coefficient (Wildman–Crippen LogP) is 4.03. The van der Waals surface area contributed by atoms with Crippen molar-refractivity contribution >= 4 is 27.1 Å². The summed E-state index contributed by atoms with van der Waals surface area (Å²) in [5.74, 6) is 0. The third kappa shape index (κ3) is 2.27. The Balaban J connectivity index is 2.09. The molecule has 0 bridgehead atoms. The highest BCUT2D eigenvalue weighted by molar-refractivity contribution is 7.16. The molecule has 3 heteroatoms. The van der Waals surface area contributed by atoms with Crippen LogP contribution in [-0.4, -0.2) is 12.6 Å². The molecule has 1 atom stereocenters. The van der Waals surface area contributed by atoms with Crippen LogP contribution in [0.4, 0.5) is 5.69 Å². The zero-order valence-corrected chi connectivity index (χ0v) is 12.1. The summed E-state index contributed by atoms with van der Waals surface area (Å²) in [5.41, 5.74) is 1.12. The fraction of sp³-hybridized carbons (Fsp3) is 0.438. The molecule has 1 aromatic heterocycles. The molecule has 100 valence electrons. The van der Waals surface area contributed by atoms with Crippen LogP contribution in [-0.2, 0) is 0 Å². The van der Waals surface area contributed by atoms with Crippen molar-refractivity contribution in [1.82, 2.24) is 0 Å². The highest BCUT2D eigenvalue weighted by Gasteiger charge is 2.23. The summed E-state index contributed by atoms with van der Waals surface area (Å²) in [6, 6.07) is 8.46. The number of fused-ring (bicyclic) bond motifs is 1. The van der Waals surface area contributed by atoms with Crippen LogP contribution in [0.2, 0.25) is 0 Å². The number of anilines is 1. The molecule has 1 aliphatic heterocycles. The number of nitrogens with zero attached hydrogens (tertiary/aromatic N) is 1. The second kappa shape index (κ2) is 5.33. The molecular formula is C16H19NOS. The Bertz CT molecular complexity index is 634. The van der Waals surface area contributed by atoms with E-state index in [1.165, 1.54) is 19.3 Å². The maximum atomic E-state index is 12.7. The van der Waals surface area contributed by atoms with Gasteiger partial charge in [0.2, 0.25) is 5.43 Å². The lowest BCUT2D eigenvalue weighted by atomic mass is 9.99. The van der Waals surface area contributed by atoms with Gasteiger partial charge in [-0.15, -0.1) is 11.3 Å². The van der Waals surface area contributed by atoms with Crippen molar-refractivity contribution in [3.05, 3.63) is 39.9 Å². The van der Waals surface area contributed by atoms with E-state index in [2.05, 4.69) is 17.2 Å². The second-order valence-corrected chi connectivity index (χ2v) is 6.11. The van der Waals surface area contributed by atoms with Crippen LogP contribution in [0.15, 0.2) is 34.4 Å². The van der Waals surface area contributed by atoms with Crippen LogP contribution < -0.4 is 10.3 Å². The average molecular weight is 273 g/mol. The van der Waals surface area contributed by atoms with Crippen molar-refractivity contribution in [2.75, 3.05) is 11.4 Å². The van der Waals surface area contributed by atoms with Crippen LogP contribution >= 0.6 is 11.3 Å². The molecule has 0 radical (unpaired) electrons. The van der Waals surface area contributed by atoms with Gasteiger partial charge in [0, 0.05) is 28.1 Å². The minimum Gasteiger partial charge on any atom is -0.365 e. The van der Waals surface area contributed by atoms with Crippen LogP contribution in [0.3, 0.4) is 0 Å². The molecule has 0 spiro atoms. The van der Waals surface area contributed by atoms with Gasteiger partial charge in [-0.1, -0.05) is 19.1 Å². The third-order valence-electron chi connectivity index (χ3n) is 4.07. The van der Waals surface area contributed by atoms with E-state index in [-0.39, 0.29) is 5.43 Å². The van der Waals surface area contributed by atoms with E-state index in [1.807, 2.05) is 24.3 Å². The van der Waals surface area contributed by atoms with Gasteiger partial charge in [-0.3, -0.25) is 4.79 Å². The third-order valence-corrected chi connectivity index (χ3v) is 5.02. The minimum atomic E-state index is 0.203. The lowest BCUT2D eigenvalue weighted by Crippen LogP contribution is -2.41. The fourth-order valence-corrected chi connectivity index (χ4v) is 3.93. The molecule has 1 aromatic carbocycles. The summed E-state index contributed by atoms with van der Waals surface area (Å²) >= 11 is 1.68. The number of piperidine rings is 1. The normalized spacial score (nSPS) is 19.8. The van der Waals surface area contributed by atoms with Gasteiger partial charge in [-0.2, -0.15) is 0 Å². The molecule has 0 amide bonds. The van der Waals surface area contributed by atoms with E-state index < -0.39 is 0 Å². The van der Waals surface area contributed by atoms with Gasteiger partial charge in [0.25, 0.3) is 0 Å². The Hall–Kier alpha value is -1.35. The molecule has 2 nitrogen and oxygen atoms in total. The number of rotatable bonds is 2. The molecular weight excluding hydrogens is 254 g/mol. The first-order chi connectivity index (χ1) is 9.31. The van der Waals surface area contributed by atoms with E-state index in [0.29, 0.717) is 6.04 Å². The molecule has 3 rings (SSSR count). The first kappa shape index (κ1) is 12.7. The lowest BCUT2D eigenvalue weighted by Gasteiger charge is -2.36. The predicted molar refractivity (Wildman–Crippen MR) is 83.4 cm³/mol. The molecule has 2 aromatic rings. The smallest absolute Gasteiger partial charge is 0.211 e. The number of hydrogen-bond acceptors (Lipinski definition) is 3. The van der Waals surface area contributed by atoms with Crippen molar-refractivity contribution in [1.29, 1.82) is 0 Å². The maximum Gasteiger partial charge on any atom is 0.211 e. The summed E-state index contributed by atoms with van der Waals surface area (Å²) in [4.78, 5) is 15.0. The Morgan fingerprint density at radius 3 is 3.00 bits per heavy atom. The SMILES string of the molecule is CC[C@H]1CCCCN1c1csc2ccccc2c1=O. The van der Waals surface area contributed by atoms with E-state index in [4.69, 9.17) is 0 Å². The summed E-state index contributed by atoms with van der Waals surface area (Å²) in [7, 11) is 0. The molecule has 0 aliphatic carbocycles. The summed E-state index contributed by atoms with van der Waals surface area (Å²) < 4.78 is 1.08. The summed E-state index contributed by atoms with van der Waals surface area (Å²) in [5, 5.41) is 2.92. The summed E-state index contributed by atoms with van der Waals surface area (Å²) in [6.45, 7) is 3.25. The number of benzene rings is 1. The first-order valence-corrected chi connectivity index (χ1v) is 7.96. The van der Waals surface area contributed by atoms with Gasteiger partial charge in [0.05, 0.1) is 5.69 Å². The standard InChI is InChI=1S/C16H19NOS/c1-2-12-7-5-6-10-17(12)14-11-19-15-9-4-3-8-13(15)16(14)18/h3-4,8-9,11-12H,2,5-7,10H2,1H3/t12-/m0/s1. The quantitative estimate of drug-likeness (QED) is 0.823. The molecule has 2 heterocycles. The number of hydrogen-bond donors (Lipinski definition) is 0.